The van der Waals surface area contributed by atoms with Crippen LogP contribution in [0.4, 0.5) is 5.69 Å². The Kier molecular flexibility index (Phi) is 6.30. The SMILES string of the molecule is CCOC(=O)c1ccc(C(CC(C)C)Nc2cnc3ccccc3c2C)cc1. The molecular weight excluding hydrogens is 348 g/mol. The first-order chi connectivity index (χ1) is 13.5. The molecule has 4 nitrogen and oxygen atoms in total. The number of benzene rings is 2. The van der Waals surface area contributed by atoms with Crippen LogP contribution in [0.2, 0.25) is 0 Å². The van der Waals surface area contributed by atoms with Crippen molar-refractivity contribution < 1.29 is 9.53 Å². The molecule has 0 spiro atoms. The second-order valence-corrected chi connectivity index (χ2v) is 7.48. The van der Waals surface area contributed by atoms with Gasteiger partial charge in [0.25, 0.3) is 0 Å². The molecule has 0 radical (unpaired) electrons. The van der Waals surface area contributed by atoms with E-state index >= 15 is 0 Å². The van der Waals surface area contributed by atoms with E-state index in [1.54, 1.807) is 0 Å². The van der Waals surface area contributed by atoms with Gasteiger partial charge in [-0.25, -0.2) is 4.79 Å². The number of esters is 1. The molecule has 0 aliphatic rings. The van der Waals surface area contributed by atoms with Crippen molar-refractivity contribution in [3.63, 3.8) is 0 Å². The van der Waals surface area contributed by atoms with Gasteiger partial charge in [-0.05, 0) is 55.5 Å². The number of aryl methyl sites for hydroxylation is 1. The average molecular weight is 377 g/mol. The van der Waals surface area contributed by atoms with E-state index in [0.29, 0.717) is 18.1 Å². The Bertz CT molecular complexity index is 948. The molecule has 0 fully saturated rings. The lowest BCUT2D eigenvalue weighted by Gasteiger charge is -2.24. The van der Waals surface area contributed by atoms with Crippen molar-refractivity contribution in [3.8, 4) is 0 Å². The quantitative estimate of drug-likeness (QED) is 0.520. The summed E-state index contributed by atoms with van der Waals surface area (Å²) in [6.07, 6.45) is 2.89. The van der Waals surface area contributed by atoms with Gasteiger partial charge in [-0.15, -0.1) is 0 Å². The summed E-state index contributed by atoms with van der Waals surface area (Å²) < 4.78 is 5.08. The number of nitrogens with zero attached hydrogens (tertiary/aromatic N) is 1. The van der Waals surface area contributed by atoms with Crippen molar-refractivity contribution in [1.29, 1.82) is 0 Å². The summed E-state index contributed by atoms with van der Waals surface area (Å²) in [4.78, 5) is 16.5. The molecule has 4 heteroatoms. The molecule has 0 saturated heterocycles. The summed E-state index contributed by atoms with van der Waals surface area (Å²) in [7, 11) is 0. The smallest absolute Gasteiger partial charge is 0.338 e. The zero-order chi connectivity index (χ0) is 20.1. The van der Waals surface area contributed by atoms with Crippen LogP contribution in [0.5, 0.6) is 0 Å². The molecule has 1 aromatic heterocycles. The number of carbonyl (C=O) groups excluding carboxylic acids is 1. The Morgan fingerprint density at radius 2 is 1.82 bits per heavy atom. The maximum Gasteiger partial charge on any atom is 0.338 e. The molecule has 0 aliphatic carbocycles. The van der Waals surface area contributed by atoms with Crippen molar-refractivity contribution >= 4 is 22.6 Å². The minimum absolute atomic E-state index is 0.137. The lowest BCUT2D eigenvalue weighted by Crippen LogP contribution is -2.15. The molecule has 1 heterocycles. The molecule has 146 valence electrons. The average Bonchev–Trinajstić information content (AvgIpc) is 2.69. The maximum atomic E-state index is 11.9. The zero-order valence-corrected chi connectivity index (χ0v) is 17.0. The van der Waals surface area contributed by atoms with Crippen molar-refractivity contribution in [2.24, 2.45) is 5.92 Å². The number of para-hydroxylation sites is 1. The van der Waals surface area contributed by atoms with Crippen molar-refractivity contribution in [1.82, 2.24) is 4.98 Å². The third kappa shape index (κ3) is 4.50. The Hall–Kier alpha value is -2.88. The van der Waals surface area contributed by atoms with Crippen LogP contribution in [-0.2, 0) is 4.74 Å². The fraction of sp³-hybridized carbons (Fsp3) is 0.333. The van der Waals surface area contributed by atoms with Crippen LogP contribution >= 0.6 is 0 Å². The predicted octanol–water partition coefficient (Wildman–Crippen LogP) is 5.92. The second kappa shape index (κ2) is 8.87. The molecule has 2 aromatic carbocycles. The molecule has 28 heavy (non-hydrogen) atoms. The largest absolute Gasteiger partial charge is 0.462 e. The van der Waals surface area contributed by atoms with Crippen LogP contribution in [0, 0.1) is 12.8 Å². The topological polar surface area (TPSA) is 51.2 Å². The van der Waals surface area contributed by atoms with E-state index in [2.05, 4.69) is 37.1 Å². The minimum Gasteiger partial charge on any atom is -0.462 e. The summed E-state index contributed by atoms with van der Waals surface area (Å²) in [5.74, 6) is 0.243. The molecule has 3 aromatic rings. The van der Waals surface area contributed by atoms with E-state index in [1.807, 2.05) is 55.6 Å². The van der Waals surface area contributed by atoms with E-state index < -0.39 is 0 Å². The molecular formula is C24H28N2O2. The highest BCUT2D eigenvalue weighted by molar-refractivity contribution is 5.89. The number of carbonyl (C=O) groups is 1. The lowest BCUT2D eigenvalue weighted by atomic mass is 9.95. The highest BCUT2D eigenvalue weighted by Gasteiger charge is 2.16. The van der Waals surface area contributed by atoms with Gasteiger partial charge in [-0.3, -0.25) is 4.98 Å². The van der Waals surface area contributed by atoms with Gasteiger partial charge in [0.1, 0.15) is 0 Å². The number of anilines is 1. The molecule has 0 amide bonds. The number of hydrogen-bond donors (Lipinski definition) is 1. The van der Waals surface area contributed by atoms with E-state index in [4.69, 9.17) is 4.74 Å². The third-order valence-electron chi connectivity index (χ3n) is 4.91. The fourth-order valence-corrected chi connectivity index (χ4v) is 3.43. The van der Waals surface area contributed by atoms with E-state index in [1.165, 1.54) is 5.56 Å². The van der Waals surface area contributed by atoms with Gasteiger partial charge in [0.15, 0.2) is 0 Å². The van der Waals surface area contributed by atoms with Crippen molar-refractivity contribution in [2.45, 2.75) is 40.2 Å². The van der Waals surface area contributed by atoms with Crippen molar-refractivity contribution in [2.75, 3.05) is 11.9 Å². The van der Waals surface area contributed by atoms with Crippen LogP contribution in [0.3, 0.4) is 0 Å². The molecule has 1 N–H and O–H groups in total. The van der Waals surface area contributed by atoms with Crippen LogP contribution in [0.15, 0.2) is 54.7 Å². The Morgan fingerprint density at radius 1 is 1.11 bits per heavy atom. The predicted molar refractivity (Wildman–Crippen MR) is 115 cm³/mol. The molecule has 1 unspecified atom stereocenters. The van der Waals surface area contributed by atoms with Crippen LogP contribution < -0.4 is 5.32 Å². The van der Waals surface area contributed by atoms with Crippen LogP contribution in [0.25, 0.3) is 10.9 Å². The maximum absolute atomic E-state index is 11.9. The summed E-state index contributed by atoms with van der Waals surface area (Å²) in [5.41, 5.74) is 4.97. The number of rotatable bonds is 7. The molecule has 3 rings (SSSR count). The van der Waals surface area contributed by atoms with E-state index in [9.17, 15) is 4.79 Å². The Labute approximate surface area is 166 Å². The van der Waals surface area contributed by atoms with Gasteiger partial charge in [-0.1, -0.05) is 44.2 Å². The van der Waals surface area contributed by atoms with Gasteiger partial charge in [0.2, 0.25) is 0 Å². The summed E-state index contributed by atoms with van der Waals surface area (Å²) in [5, 5.41) is 4.84. The van der Waals surface area contributed by atoms with Gasteiger partial charge in [-0.2, -0.15) is 0 Å². The minimum atomic E-state index is -0.281. The van der Waals surface area contributed by atoms with Gasteiger partial charge >= 0.3 is 5.97 Å². The van der Waals surface area contributed by atoms with Gasteiger partial charge in [0, 0.05) is 5.39 Å². The number of aromatic nitrogens is 1. The second-order valence-electron chi connectivity index (χ2n) is 7.48. The molecule has 0 bridgehead atoms. The summed E-state index contributed by atoms with van der Waals surface area (Å²) >= 11 is 0. The van der Waals surface area contributed by atoms with E-state index in [0.717, 1.165) is 28.6 Å². The van der Waals surface area contributed by atoms with Crippen molar-refractivity contribution in [3.05, 3.63) is 71.4 Å². The molecule has 0 aliphatic heterocycles. The standard InChI is InChI=1S/C24H28N2O2/c1-5-28-24(27)19-12-10-18(11-13-19)22(14-16(2)3)26-23-15-25-21-9-7-6-8-20(21)17(23)4/h6-13,15-16,22,26H,5,14H2,1-4H3. The highest BCUT2D eigenvalue weighted by atomic mass is 16.5. The van der Waals surface area contributed by atoms with Crippen LogP contribution in [0.1, 0.15) is 54.7 Å². The first-order valence-corrected chi connectivity index (χ1v) is 9.87. The number of fused-ring (bicyclic) bond motifs is 1. The molecule has 1 atom stereocenters. The normalized spacial score (nSPS) is 12.2. The number of hydrogen-bond acceptors (Lipinski definition) is 4. The van der Waals surface area contributed by atoms with Crippen LogP contribution in [-0.4, -0.2) is 17.6 Å². The first-order valence-electron chi connectivity index (χ1n) is 9.87. The fourth-order valence-electron chi connectivity index (χ4n) is 3.43. The highest BCUT2D eigenvalue weighted by Crippen LogP contribution is 2.30. The summed E-state index contributed by atoms with van der Waals surface area (Å²) in [6.45, 7) is 8.75. The van der Waals surface area contributed by atoms with Gasteiger partial charge in [0.05, 0.1) is 35.6 Å². The lowest BCUT2D eigenvalue weighted by molar-refractivity contribution is 0.0526. The number of ether oxygens (including phenoxy) is 1. The first kappa shape index (κ1) is 19.9. The monoisotopic (exact) mass is 376 g/mol. The Balaban J connectivity index is 1.89. The zero-order valence-electron chi connectivity index (χ0n) is 17.0. The number of nitrogens with one attached hydrogen (secondary N) is 1. The van der Waals surface area contributed by atoms with Gasteiger partial charge < -0.3 is 10.1 Å². The number of pyridine rings is 1. The molecule has 0 saturated carbocycles. The Morgan fingerprint density at radius 3 is 2.50 bits per heavy atom. The summed E-state index contributed by atoms with van der Waals surface area (Å²) in [6, 6.07) is 16.0. The third-order valence-corrected chi connectivity index (χ3v) is 4.91. The van der Waals surface area contributed by atoms with E-state index in [-0.39, 0.29) is 12.0 Å².